The molecule has 23 heavy (non-hydrogen) atoms. The largest absolute Gasteiger partial charge is 0.393 e. The van der Waals surface area contributed by atoms with E-state index in [1.165, 1.54) is 0 Å². The third-order valence-corrected chi connectivity index (χ3v) is 4.32. The molecule has 7 heteroatoms. The second-order valence-electron chi connectivity index (χ2n) is 6.55. The molecule has 1 saturated carbocycles. The highest BCUT2D eigenvalue weighted by Crippen LogP contribution is 2.38. The molecule has 2 N–H and O–H groups in total. The highest BCUT2D eigenvalue weighted by molar-refractivity contribution is 5.92. The van der Waals surface area contributed by atoms with Gasteiger partial charge in [0, 0.05) is 30.8 Å². The van der Waals surface area contributed by atoms with Crippen LogP contribution in [0.1, 0.15) is 60.5 Å². The molecule has 1 amide bonds. The van der Waals surface area contributed by atoms with Crippen LogP contribution in [-0.2, 0) is 7.05 Å². The lowest BCUT2D eigenvalue weighted by Crippen LogP contribution is -2.41. The van der Waals surface area contributed by atoms with Crippen LogP contribution in [0.3, 0.4) is 0 Å². The van der Waals surface area contributed by atoms with Gasteiger partial charge < -0.3 is 14.9 Å². The summed E-state index contributed by atoms with van der Waals surface area (Å²) >= 11 is 0. The Morgan fingerprint density at radius 1 is 1.48 bits per heavy atom. The number of rotatable bonds is 5. The average molecular weight is 318 g/mol. The Bertz CT molecular complexity index is 685. The Kier molecular flexibility index (Phi) is 4.21. The van der Waals surface area contributed by atoms with Crippen molar-refractivity contribution in [2.24, 2.45) is 13.0 Å². The molecule has 2 aromatic heterocycles. The first-order valence-corrected chi connectivity index (χ1v) is 7.88. The molecule has 2 aromatic rings. The zero-order valence-corrected chi connectivity index (χ0v) is 13.6. The van der Waals surface area contributed by atoms with E-state index in [1.54, 1.807) is 16.9 Å². The number of hydrogen-bond donors (Lipinski definition) is 2. The minimum absolute atomic E-state index is 0.181. The zero-order valence-electron chi connectivity index (χ0n) is 13.6. The number of carbonyl (C=O) groups excluding carboxylic acids is 1. The molecule has 7 nitrogen and oxygen atoms in total. The smallest absolute Gasteiger partial charge is 0.273 e. The van der Waals surface area contributed by atoms with Gasteiger partial charge in [-0.2, -0.15) is 5.10 Å². The second-order valence-corrected chi connectivity index (χ2v) is 6.55. The minimum Gasteiger partial charge on any atom is -0.393 e. The summed E-state index contributed by atoms with van der Waals surface area (Å²) in [6, 6.07) is 1.49. The molecule has 1 aliphatic carbocycles. The van der Waals surface area contributed by atoms with Crippen molar-refractivity contribution in [3.63, 3.8) is 0 Å². The molecule has 0 saturated heterocycles. The number of aliphatic hydroxyl groups is 1. The molecule has 1 fully saturated rings. The Hall–Kier alpha value is -2.15. The van der Waals surface area contributed by atoms with Crippen molar-refractivity contribution in [2.45, 2.75) is 44.8 Å². The number of nitrogens with zero attached hydrogens (tertiary/aromatic N) is 3. The van der Waals surface area contributed by atoms with Crippen LogP contribution < -0.4 is 5.32 Å². The maximum absolute atomic E-state index is 12.5. The topological polar surface area (TPSA) is 93.2 Å². The molecule has 3 rings (SSSR count). The SMILES string of the molecule is CC(C)c1cc(C(=O)NC(c2cnn(C)c2)C2CC(O)C2)no1. The highest BCUT2D eigenvalue weighted by atomic mass is 16.5. The number of carbonyl (C=O) groups is 1. The van der Waals surface area contributed by atoms with E-state index < -0.39 is 0 Å². The zero-order chi connectivity index (χ0) is 16.6. The highest BCUT2D eigenvalue weighted by Gasteiger charge is 2.36. The summed E-state index contributed by atoms with van der Waals surface area (Å²) in [5, 5.41) is 20.6. The van der Waals surface area contributed by atoms with Gasteiger partial charge in [0.25, 0.3) is 5.91 Å². The molecular formula is C16H22N4O3. The quantitative estimate of drug-likeness (QED) is 0.876. The van der Waals surface area contributed by atoms with Gasteiger partial charge in [-0.3, -0.25) is 9.48 Å². The summed E-state index contributed by atoms with van der Waals surface area (Å²) in [6.07, 6.45) is 4.71. The molecular weight excluding hydrogens is 296 g/mol. The van der Waals surface area contributed by atoms with E-state index in [0.29, 0.717) is 18.6 Å². The van der Waals surface area contributed by atoms with Crippen molar-refractivity contribution in [3.05, 3.63) is 35.5 Å². The Labute approximate surface area is 134 Å². The predicted octanol–water partition coefficient (Wildman–Crippen LogP) is 1.77. The van der Waals surface area contributed by atoms with Crippen molar-refractivity contribution in [1.29, 1.82) is 0 Å². The molecule has 0 aromatic carbocycles. The lowest BCUT2D eigenvalue weighted by molar-refractivity contribution is 0.0234. The van der Waals surface area contributed by atoms with Gasteiger partial charge in [0.1, 0.15) is 5.76 Å². The maximum Gasteiger partial charge on any atom is 0.273 e. The summed E-state index contributed by atoms with van der Waals surface area (Å²) in [4.78, 5) is 12.5. The van der Waals surface area contributed by atoms with Crippen molar-refractivity contribution >= 4 is 5.91 Å². The van der Waals surface area contributed by atoms with Gasteiger partial charge in [-0.25, -0.2) is 0 Å². The molecule has 1 unspecified atom stereocenters. The molecule has 0 radical (unpaired) electrons. The molecule has 1 atom stereocenters. The van der Waals surface area contributed by atoms with Gasteiger partial charge in [-0.1, -0.05) is 19.0 Å². The standard InChI is InChI=1S/C16H22N4O3/c1-9(2)14-6-13(19-23-14)16(22)18-15(10-4-12(21)5-10)11-7-17-20(3)8-11/h6-10,12,15,21H,4-5H2,1-3H3,(H,18,22). The number of amides is 1. The lowest BCUT2D eigenvalue weighted by Gasteiger charge is -2.37. The van der Waals surface area contributed by atoms with Gasteiger partial charge in [0.2, 0.25) is 0 Å². The van der Waals surface area contributed by atoms with Crippen LogP contribution in [-0.4, -0.2) is 32.1 Å². The first-order chi connectivity index (χ1) is 10.9. The van der Waals surface area contributed by atoms with E-state index in [4.69, 9.17) is 4.52 Å². The van der Waals surface area contributed by atoms with E-state index in [0.717, 1.165) is 5.56 Å². The van der Waals surface area contributed by atoms with E-state index in [2.05, 4.69) is 15.6 Å². The minimum atomic E-state index is -0.282. The monoisotopic (exact) mass is 318 g/mol. The van der Waals surface area contributed by atoms with Crippen molar-refractivity contribution in [1.82, 2.24) is 20.3 Å². The normalized spacial score (nSPS) is 22.0. The van der Waals surface area contributed by atoms with Crippen molar-refractivity contribution in [2.75, 3.05) is 0 Å². The molecule has 1 aliphatic rings. The van der Waals surface area contributed by atoms with Crippen molar-refractivity contribution in [3.8, 4) is 0 Å². The van der Waals surface area contributed by atoms with Crippen LogP contribution in [0.5, 0.6) is 0 Å². The van der Waals surface area contributed by atoms with E-state index >= 15 is 0 Å². The van der Waals surface area contributed by atoms with Crippen LogP contribution in [0.4, 0.5) is 0 Å². The van der Waals surface area contributed by atoms with Gasteiger partial charge in [-0.05, 0) is 18.8 Å². The predicted molar refractivity (Wildman–Crippen MR) is 82.7 cm³/mol. The van der Waals surface area contributed by atoms with Gasteiger partial charge >= 0.3 is 0 Å². The van der Waals surface area contributed by atoms with E-state index in [9.17, 15) is 9.90 Å². The summed E-state index contributed by atoms with van der Waals surface area (Å²) in [6.45, 7) is 3.97. The third kappa shape index (κ3) is 3.29. The third-order valence-electron chi connectivity index (χ3n) is 4.32. The Balaban J connectivity index is 1.76. The second kappa shape index (κ2) is 6.16. The summed E-state index contributed by atoms with van der Waals surface area (Å²) < 4.78 is 6.89. The van der Waals surface area contributed by atoms with Crippen molar-refractivity contribution < 1.29 is 14.4 Å². The average Bonchev–Trinajstić information content (AvgIpc) is 3.10. The summed E-state index contributed by atoms with van der Waals surface area (Å²) in [7, 11) is 1.84. The first kappa shape index (κ1) is 15.7. The molecule has 0 aliphatic heterocycles. The maximum atomic E-state index is 12.5. The van der Waals surface area contributed by atoms with Crippen LogP contribution in [0, 0.1) is 5.92 Å². The molecule has 0 spiro atoms. The number of aromatic nitrogens is 3. The van der Waals surface area contributed by atoms with Gasteiger partial charge in [-0.15, -0.1) is 0 Å². The fourth-order valence-electron chi connectivity index (χ4n) is 2.86. The molecule has 2 heterocycles. The van der Waals surface area contributed by atoms with Gasteiger partial charge in [0.15, 0.2) is 5.69 Å². The number of hydrogen-bond acceptors (Lipinski definition) is 5. The number of aliphatic hydroxyl groups excluding tert-OH is 1. The number of aryl methyl sites for hydroxylation is 1. The van der Waals surface area contributed by atoms with Crippen LogP contribution in [0.25, 0.3) is 0 Å². The fraction of sp³-hybridized carbons (Fsp3) is 0.562. The number of nitrogens with one attached hydrogen (secondary N) is 1. The summed E-state index contributed by atoms with van der Waals surface area (Å²) in [5.74, 6) is 0.803. The molecule has 124 valence electrons. The van der Waals surface area contributed by atoms with E-state index in [-0.39, 0.29) is 35.6 Å². The van der Waals surface area contributed by atoms with Gasteiger partial charge in [0.05, 0.1) is 18.3 Å². The Morgan fingerprint density at radius 3 is 2.74 bits per heavy atom. The van der Waals surface area contributed by atoms with Crippen LogP contribution >= 0.6 is 0 Å². The van der Waals surface area contributed by atoms with Crippen LogP contribution in [0.2, 0.25) is 0 Å². The lowest BCUT2D eigenvalue weighted by atomic mass is 9.75. The summed E-state index contributed by atoms with van der Waals surface area (Å²) in [5.41, 5.74) is 1.22. The Morgan fingerprint density at radius 2 is 2.22 bits per heavy atom. The first-order valence-electron chi connectivity index (χ1n) is 7.88. The fourth-order valence-corrected chi connectivity index (χ4v) is 2.86. The van der Waals surface area contributed by atoms with Crippen LogP contribution in [0.15, 0.2) is 23.0 Å². The van der Waals surface area contributed by atoms with E-state index in [1.807, 2.05) is 27.1 Å². The molecule has 0 bridgehead atoms.